The number of benzene rings is 1. The zero-order valence-corrected chi connectivity index (χ0v) is 15.6. The molecule has 0 saturated carbocycles. The van der Waals surface area contributed by atoms with Crippen molar-refractivity contribution in [3.8, 4) is 16.2 Å². The van der Waals surface area contributed by atoms with Gasteiger partial charge in [-0.3, -0.25) is 4.79 Å². The van der Waals surface area contributed by atoms with Crippen LogP contribution in [0.5, 0.6) is 5.75 Å². The van der Waals surface area contributed by atoms with Crippen LogP contribution in [0.25, 0.3) is 21.2 Å². The number of furan rings is 1. The largest absolute Gasteiger partial charge is 0.465 e. The molecule has 0 saturated heterocycles. The molecule has 5 heteroatoms. The van der Waals surface area contributed by atoms with Crippen molar-refractivity contribution >= 4 is 28.1 Å². The van der Waals surface area contributed by atoms with Crippen LogP contribution in [0.15, 0.2) is 69.2 Å². The van der Waals surface area contributed by atoms with E-state index in [9.17, 15) is 9.59 Å². The molecule has 0 amide bonds. The van der Waals surface area contributed by atoms with Crippen LogP contribution < -0.4 is 10.2 Å². The third-order valence-corrected chi connectivity index (χ3v) is 5.26. The number of rotatable bonds is 3. The summed E-state index contributed by atoms with van der Waals surface area (Å²) < 4.78 is 11.4. The molecule has 0 aliphatic heterocycles. The van der Waals surface area contributed by atoms with Crippen LogP contribution in [-0.4, -0.2) is 5.97 Å². The van der Waals surface area contributed by atoms with Gasteiger partial charge in [-0.2, -0.15) is 0 Å². The molecule has 4 nitrogen and oxygen atoms in total. The number of carbonyl (C=O) groups is 1. The third kappa shape index (κ3) is 3.17. The third-order valence-electron chi connectivity index (χ3n) is 4.34. The molecule has 0 aliphatic carbocycles. The van der Waals surface area contributed by atoms with Gasteiger partial charge in [0, 0.05) is 4.88 Å². The van der Waals surface area contributed by atoms with Crippen molar-refractivity contribution in [1.29, 1.82) is 0 Å². The molecule has 0 unspecified atom stereocenters. The molecule has 4 rings (SSSR count). The minimum atomic E-state index is -0.481. The lowest BCUT2D eigenvalue weighted by atomic mass is 10.2. The minimum absolute atomic E-state index is 0.162. The number of carbonyl (C=O) groups excluding carboxylic acids is 1. The number of thiophene rings is 1. The van der Waals surface area contributed by atoms with Gasteiger partial charge in [0.05, 0.1) is 16.3 Å². The first-order chi connectivity index (χ1) is 13.0. The maximum absolute atomic E-state index is 12.8. The first-order valence-corrected chi connectivity index (χ1v) is 9.31. The average Bonchev–Trinajstić information content (AvgIpc) is 3.25. The average molecular weight is 376 g/mol. The number of fused-ring (bicyclic) bond motifs is 1. The lowest BCUT2D eigenvalue weighted by Crippen LogP contribution is -2.08. The Morgan fingerprint density at radius 2 is 1.70 bits per heavy atom. The van der Waals surface area contributed by atoms with Crippen LogP contribution >= 0.6 is 11.3 Å². The minimum Gasteiger partial charge on any atom is -0.465 e. The molecule has 0 bridgehead atoms. The van der Waals surface area contributed by atoms with Crippen LogP contribution in [0.4, 0.5) is 0 Å². The molecule has 0 spiro atoms. The van der Waals surface area contributed by atoms with Crippen molar-refractivity contribution in [2.24, 2.45) is 0 Å². The second-order valence-corrected chi connectivity index (χ2v) is 7.12. The van der Waals surface area contributed by atoms with E-state index in [1.54, 1.807) is 50.2 Å². The van der Waals surface area contributed by atoms with Crippen molar-refractivity contribution in [3.05, 3.63) is 87.3 Å². The monoisotopic (exact) mass is 376 g/mol. The predicted molar refractivity (Wildman–Crippen MR) is 107 cm³/mol. The summed E-state index contributed by atoms with van der Waals surface area (Å²) in [6, 6.07) is 15.9. The van der Waals surface area contributed by atoms with Crippen molar-refractivity contribution in [1.82, 2.24) is 0 Å². The topological polar surface area (TPSA) is 56.5 Å². The Hall–Kier alpha value is -3.18. The molecule has 4 aromatic rings. The highest BCUT2D eigenvalue weighted by atomic mass is 32.1. The van der Waals surface area contributed by atoms with Gasteiger partial charge in [0.2, 0.25) is 0 Å². The van der Waals surface area contributed by atoms with Crippen molar-refractivity contribution in [2.45, 2.75) is 13.8 Å². The van der Waals surface area contributed by atoms with Gasteiger partial charge in [0.15, 0.2) is 5.43 Å². The summed E-state index contributed by atoms with van der Waals surface area (Å²) in [5.41, 5.74) is 0.987. The van der Waals surface area contributed by atoms with E-state index in [4.69, 9.17) is 9.15 Å². The maximum atomic E-state index is 12.8. The number of esters is 1. The van der Waals surface area contributed by atoms with E-state index in [0.717, 1.165) is 4.88 Å². The Bertz CT molecular complexity index is 1190. The number of ether oxygens (including phenoxy) is 1. The SMILES string of the molecule is Cc1oc(C)c2c(=O)cc(-c3cccs3)cc(OC(=O)c3ccccc3)c12. The number of hydrogen-bond donors (Lipinski definition) is 0. The standard InChI is InChI=1S/C22H16O4S/c1-13-20-17(23)11-16(19-9-6-10-27-19)12-18(21(20)14(2)25-13)26-22(24)15-7-4-3-5-8-15/h3-12H,1-2H3. The quantitative estimate of drug-likeness (QED) is 0.452. The summed E-state index contributed by atoms with van der Waals surface area (Å²) in [6.45, 7) is 3.50. The van der Waals surface area contributed by atoms with E-state index in [1.807, 2.05) is 23.6 Å². The Morgan fingerprint density at radius 3 is 2.41 bits per heavy atom. The first kappa shape index (κ1) is 17.2. The summed E-state index contributed by atoms with van der Waals surface area (Å²) in [6.07, 6.45) is 0. The van der Waals surface area contributed by atoms with E-state index in [0.29, 0.717) is 39.2 Å². The second kappa shape index (κ2) is 6.85. The van der Waals surface area contributed by atoms with Gasteiger partial charge in [0.1, 0.15) is 17.3 Å². The molecule has 0 atom stereocenters. The molecular weight excluding hydrogens is 360 g/mol. The van der Waals surface area contributed by atoms with Crippen LogP contribution in [0, 0.1) is 13.8 Å². The highest BCUT2D eigenvalue weighted by Crippen LogP contribution is 2.34. The Labute approximate surface area is 159 Å². The second-order valence-electron chi connectivity index (χ2n) is 6.17. The molecule has 2 aromatic carbocycles. The van der Waals surface area contributed by atoms with Gasteiger partial charge in [-0.25, -0.2) is 4.79 Å². The van der Waals surface area contributed by atoms with Crippen molar-refractivity contribution in [3.63, 3.8) is 0 Å². The highest BCUT2D eigenvalue weighted by molar-refractivity contribution is 7.13. The van der Waals surface area contributed by atoms with E-state index < -0.39 is 5.97 Å². The highest BCUT2D eigenvalue weighted by Gasteiger charge is 2.19. The molecule has 2 aromatic heterocycles. The molecule has 27 heavy (non-hydrogen) atoms. The lowest BCUT2D eigenvalue weighted by molar-refractivity contribution is 0.0737. The van der Waals surface area contributed by atoms with Crippen molar-refractivity contribution < 1.29 is 13.9 Å². The fourth-order valence-electron chi connectivity index (χ4n) is 3.14. The van der Waals surface area contributed by atoms with Crippen molar-refractivity contribution in [2.75, 3.05) is 0 Å². The Kier molecular flexibility index (Phi) is 4.38. The van der Waals surface area contributed by atoms with Gasteiger partial charge in [0.25, 0.3) is 0 Å². The molecule has 0 aliphatic rings. The zero-order valence-electron chi connectivity index (χ0n) is 14.8. The van der Waals surface area contributed by atoms with E-state index >= 15 is 0 Å². The van der Waals surface area contributed by atoms with Crippen LogP contribution in [0.3, 0.4) is 0 Å². The van der Waals surface area contributed by atoms with Crippen LogP contribution in [-0.2, 0) is 0 Å². The fraction of sp³-hybridized carbons (Fsp3) is 0.0909. The van der Waals surface area contributed by atoms with Gasteiger partial charge in [-0.1, -0.05) is 24.3 Å². The van der Waals surface area contributed by atoms with Crippen LogP contribution in [0.1, 0.15) is 21.9 Å². The van der Waals surface area contributed by atoms with Crippen LogP contribution in [0.2, 0.25) is 0 Å². The van der Waals surface area contributed by atoms with E-state index in [1.165, 1.54) is 11.3 Å². The predicted octanol–water partition coefficient (Wildman–Crippen LogP) is 5.36. The Balaban J connectivity index is 1.96. The molecular formula is C22H16O4S. The molecule has 0 radical (unpaired) electrons. The number of hydrogen-bond acceptors (Lipinski definition) is 5. The van der Waals surface area contributed by atoms with E-state index in [2.05, 4.69) is 0 Å². The van der Waals surface area contributed by atoms with Gasteiger partial charge in [-0.05, 0) is 55.1 Å². The number of aryl methyl sites for hydroxylation is 2. The first-order valence-electron chi connectivity index (χ1n) is 8.44. The summed E-state index contributed by atoms with van der Waals surface area (Å²) in [5, 5.41) is 2.91. The smallest absolute Gasteiger partial charge is 0.343 e. The van der Waals surface area contributed by atoms with Gasteiger partial charge < -0.3 is 9.15 Å². The molecule has 2 heterocycles. The lowest BCUT2D eigenvalue weighted by Gasteiger charge is -2.05. The van der Waals surface area contributed by atoms with Gasteiger partial charge >= 0.3 is 5.97 Å². The summed E-state index contributed by atoms with van der Waals surface area (Å²) in [4.78, 5) is 26.4. The summed E-state index contributed by atoms with van der Waals surface area (Å²) in [7, 11) is 0. The molecule has 0 fully saturated rings. The normalized spacial score (nSPS) is 10.9. The molecule has 0 N–H and O–H groups in total. The fourth-order valence-corrected chi connectivity index (χ4v) is 3.86. The van der Waals surface area contributed by atoms with Gasteiger partial charge in [-0.15, -0.1) is 11.3 Å². The summed E-state index contributed by atoms with van der Waals surface area (Å²) in [5.74, 6) is 0.895. The Morgan fingerprint density at radius 1 is 0.963 bits per heavy atom. The zero-order chi connectivity index (χ0) is 19.0. The van der Waals surface area contributed by atoms with E-state index in [-0.39, 0.29) is 5.43 Å². The molecule has 134 valence electrons. The maximum Gasteiger partial charge on any atom is 0.343 e. The summed E-state index contributed by atoms with van der Waals surface area (Å²) >= 11 is 1.52.